The molecule has 0 N–H and O–H groups in total. The van der Waals surface area contributed by atoms with Crippen molar-refractivity contribution in [3.63, 3.8) is 0 Å². The number of nitrogens with zero attached hydrogens (tertiary/aromatic N) is 1. The molecule has 5 nitrogen and oxygen atoms in total. The fourth-order valence-corrected chi connectivity index (χ4v) is 3.63. The first-order valence-electron chi connectivity index (χ1n) is 10.1. The van der Waals surface area contributed by atoms with E-state index in [1.807, 2.05) is 43.9 Å². The van der Waals surface area contributed by atoms with Gasteiger partial charge < -0.3 is 19.1 Å². The largest absolute Gasteiger partial charge is 0.490 e. The van der Waals surface area contributed by atoms with Crippen LogP contribution in [0.3, 0.4) is 0 Å². The number of para-hydroxylation sites is 1. The molecular formula is C23H29NO4. The smallest absolute Gasteiger partial charge is 0.258 e. The van der Waals surface area contributed by atoms with E-state index < -0.39 is 0 Å². The third-order valence-electron chi connectivity index (χ3n) is 4.95. The maximum absolute atomic E-state index is 13.4. The number of carbonyl (C=O) groups is 1. The summed E-state index contributed by atoms with van der Waals surface area (Å²) >= 11 is 0. The number of hydrogen-bond donors (Lipinski definition) is 0. The molecule has 2 aromatic carbocycles. The number of amides is 1. The van der Waals surface area contributed by atoms with Crippen molar-refractivity contribution in [1.82, 2.24) is 0 Å². The molecule has 0 radical (unpaired) electrons. The van der Waals surface area contributed by atoms with E-state index in [4.69, 9.17) is 14.2 Å². The van der Waals surface area contributed by atoms with Crippen molar-refractivity contribution in [2.75, 3.05) is 31.3 Å². The van der Waals surface area contributed by atoms with Crippen molar-refractivity contribution >= 4 is 11.6 Å². The standard InChI is InChI=1S/C23H29NO4/c1-5-26-20-14-17(15-21(27-6-2)22(20)28-7-3)23(25)24-13-12-16(4)18-10-8-9-11-19(18)24/h8-11,14-16H,5-7,12-13H2,1-4H3. The molecule has 0 saturated carbocycles. The summed E-state index contributed by atoms with van der Waals surface area (Å²) in [6, 6.07) is 11.7. The van der Waals surface area contributed by atoms with Crippen LogP contribution in [0.1, 0.15) is 56.0 Å². The van der Waals surface area contributed by atoms with Crippen LogP contribution in [-0.2, 0) is 0 Å². The van der Waals surface area contributed by atoms with Gasteiger partial charge in [0.25, 0.3) is 5.91 Å². The van der Waals surface area contributed by atoms with Gasteiger partial charge in [0, 0.05) is 17.8 Å². The monoisotopic (exact) mass is 383 g/mol. The molecule has 3 rings (SSSR count). The number of carbonyl (C=O) groups excluding carboxylic acids is 1. The molecule has 0 fully saturated rings. The van der Waals surface area contributed by atoms with Crippen LogP contribution >= 0.6 is 0 Å². The van der Waals surface area contributed by atoms with Gasteiger partial charge in [0.15, 0.2) is 11.5 Å². The van der Waals surface area contributed by atoms with Gasteiger partial charge in [-0.3, -0.25) is 4.79 Å². The van der Waals surface area contributed by atoms with Crippen molar-refractivity contribution in [3.8, 4) is 17.2 Å². The topological polar surface area (TPSA) is 48.0 Å². The predicted octanol–water partition coefficient (Wildman–Crippen LogP) is 5.04. The molecule has 1 amide bonds. The number of ether oxygens (including phenoxy) is 3. The Morgan fingerprint density at radius 3 is 2.21 bits per heavy atom. The van der Waals surface area contributed by atoms with Gasteiger partial charge in [-0.25, -0.2) is 0 Å². The van der Waals surface area contributed by atoms with Gasteiger partial charge in [-0.15, -0.1) is 0 Å². The van der Waals surface area contributed by atoms with Crippen molar-refractivity contribution in [3.05, 3.63) is 47.5 Å². The predicted molar refractivity (Wildman–Crippen MR) is 111 cm³/mol. The van der Waals surface area contributed by atoms with E-state index in [0.29, 0.717) is 55.1 Å². The molecule has 28 heavy (non-hydrogen) atoms. The lowest BCUT2D eigenvalue weighted by Gasteiger charge is -2.33. The lowest BCUT2D eigenvalue weighted by molar-refractivity contribution is 0.0983. The summed E-state index contributed by atoms with van der Waals surface area (Å²) in [6.45, 7) is 10.1. The van der Waals surface area contributed by atoms with Gasteiger partial charge >= 0.3 is 0 Å². The maximum Gasteiger partial charge on any atom is 0.258 e. The van der Waals surface area contributed by atoms with E-state index in [2.05, 4.69) is 13.0 Å². The molecule has 0 saturated heterocycles. The summed E-state index contributed by atoms with van der Waals surface area (Å²) in [7, 11) is 0. The van der Waals surface area contributed by atoms with Gasteiger partial charge in [0.05, 0.1) is 19.8 Å². The number of anilines is 1. The minimum atomic E-state index is -0.0516. The zero-order valence-corrected chi connectivity index (χ0v) is 17.2. The highest BCUT2D eigenvalue weighted by Crippen LogP contribution is 2.41. The van der Waals surface area contributed by atoms with E-state index in [9.17, 15) is 4.79 Å². The average molecular weight is 383 g/mol. The second-order valence-electron chi connectivity index (χ2n) is 6.81. The van der Waals surface area contributed by atoms with E-state index in [0.717, 1.165) is 12.1 Å². The van der Waals surface area contributed by atoms with Crippen LogP contribution in [0.2, 0.25) is 0 Å². The average Bonchev–Trinajstić information content (AvgIpc) is 2.70. The van der Waals surface area contributed by atoms with Crippen LogP contribution in [0.4, 0.5) is 5.69 Å². The zero-order chi connectivity index (χ0) is 20.1. The Bertz CT molecular complexity index is 806. The van der Waals surface area contributed by atoms with E-state index in [-0.39, 0.29) is 5.91 Å². The summed E-state index contributed by atoms with van der Waals surface area (Å²) in [4.78, 5) is 15.3. The number of benzene rings is 2. The molecule has 5 heteroatoms. The highest BCUT2D eigenvalue weighted by atomic mass is 16.5. The Morgan fingerprint density at radius 2 is 1.61 bits per heavy atom. The van der Waals surface area contributed by atoms with Crippen molar-refractivity contribution < 1.29 is 19.0 Å². The molecule has 1 atom stereocenters. The van der Waals surface area contributed by atoms with Crippen LogP contribution in [0, 0.1) is 0 Å². The first-order chi connectivity index (χ1) is 13.6. The molecule has 1 heterocycles. The van der Waals surface area contributed by atoms with Crippen LogP contribution in [0.25, 0.3) is 0 Å². The lowest BCUT2D eigenvalue weighted by Crippen LogP contribution is -2.36. The van der Waals surface area contributed by atoms with Crippen molar-refractivity contribution in [1.29, 1.82) is 0 Å². The fourth-order valence-electron chi connectivity index (χ4n) is 3.63. The molecule has 1 aliphatic heterocycles. The fraction of sp³-hybridized carbons (Fsp3) is 0.435. The summed E-state index contributed by atoms with van der Waals surface area (Å²) in [5.74, 6) is 2.02. The number of fused-ring (bicyclic) bond motifs is 1. The third-order valence-corrected chi connectivity index (χ3v) is 4.95. The van der Waals surface area contributed by atoms with Crippen LogP contribution in [0.5, 0.6) is 17.2 Å². The second kappa shape index (κ2) is 9.00. The van der Waals surface area contributed by atoms with E-state index in [1.54, 1.807) is 12.1 Å². The third kappa shape index (κ3) is 3.93. The Morgan fingerprint density at radius 1 is 1.00 bits per heavy atom. The normalized spacial score (nSPS) is 15.7. The molecule has 0 spiro atoms. The van der Waals surface area contributed by atoms with Gasteiger partial charge in [-0.05, 0) is 56.9 Å². The summed E-state index contributed by atoms with van der Waals surface area (Å²) in [5, 5.41) is 0. The lowest BCUT2D eigenvalue weighted by atomic mass is 9.91. The van der Waals surface area contributed by atoms with Gasteiger partial charge in [-0.1, -0.05) is 25.1 Å². The molecule has 1 aliphatic rings. The van der Waals surface area contributed by atoms with E-state index in [1.165, 1.54) is 5.56 Å². The van der Waals surface area contributed by atoms with Gasteiger partial charge in [-0.2, -0.15) is 0 Å². The highest BCUT2D eigenvalue weighted by Gasteiger charge is 2.28. The Kier molecular flexibility index (Phi) is 6.45. The maximum atomic E-state index is 13.4. The Hall–Kier alpha value is -2.69. The zero-order valence-electron chi connectivity index (χ0n) is 17.2. The molecule has 150 valence electrons. The SMILES string of the molecule is CCOc1cc(C(=O)N2CCC(C)c3ccccc32)cc(OCC)c1OCC. The molecule has 2 aromatic rings. The van der Waals surface area contributed by atoms with Gasteiger partial charge in [0.2, 0.25) is 5.75 Å². The van der Waals surface area contributed by atoms with Gasteiger partial charge in [0.1, 0.15) is 0 Å². The first kappa shape index (κ1) is 20.1. The molecule has 0 aliphatic carbocycles. The van der Waals surface area contributed by atoms with Crippen LogP contribution in [-0.4, -0.2) is 32.3 Å². The minimum Gasteiger partial charge on any atom is -0.490 e. The molecule has 0 bridgehead atoms. The Balaban J connectivity index is 2.03. The number of hydrogen-bond acceptors (Lipinski definition) is 4. The van der Waals surface area contributed by atoms with Crippen molar-refractivity contribution in [2.45, 2.75) is 40.0 Å². The minimum absolute atomic E-state index is 0.0516. The first-order valence-corrected chi connectivity index (χ1v) is 10.1. The molecule has 0 aromatic heterocycles. The Labute approximate surface area is 167 Å². The number of rotatable bonds is 7. The molecular weight excluding hydrogens is 354 g/mol. The summed E-state index contributed by atoms with van der Waals surface area (Å²) < 4.78 is 17.3. The molecule has 1 unspecified atom stereocenters. The highest BCUT2D eigenvalue weighted by molar-refractivity contribution is 6.07. The quantitative estimate of drug-likeness (QED) is 0.672. The van der Waals surface area contributed by atoms with Crippen molar-refractivity contribution in [2.24, 2.45) is 0 Å². The summed E-state index contributed by atoms with van der Waals surface area (Å²) in [6.07, 6.45) is 0.941. The summed E-state index contributed by atoms with van der Waals surface area (Å²) in [5.41, 5.74) is 2.74. The van der Waals surface area contributed by atoms with Crippen LogP contribution < -0.4 is 19.1 Å². The second-order valence-corrected chi connectivity index (χ2v) is 6.81. The van der Waals surface area contributed by atoms with Crippen LogP contribution in [0.15, 0.2) is 36.4 Å². The van der Waals surface area contributed by atoms with E-state index >= 15 is 0 Å².